The van der Waals surface area contributed by atoms with E-state index in [1.165, 1.54) is 10.4 Å². The van der Waals surface area contributed by atoms with E-state index >= 15 is 0 Å². The third-order valence-electron chi connectivity index (χ3n) is 4.51. The third-order valence-corrected chi connectivity index (χ3v) is 5.50. The normalized spacial score (nSPS) is 17.4. The van der Waals surface area contributed by atoms with E-state index in [-0.39, 0.29) is 18.5 Å². The molecule has 1 aliphatic rings. The Hall–Kier alpha value is -2.21. The topological polar surface area (TPSA) is 51.0 Å². The molecular weight excluding hydrogens is 308 g/mol. The van der Waals surface area contributed by atoms with Gasteiger partial charge >= 0.3 is 0 Å². The summed E-state index contributed by atoms with van der Waals surface area (Å²) in [6.45, 7) is 3.18. The summed E-state index contributed by atoms with van der Waals surface area (Å²) in [4.78, 5) is 16.3. The maximum Gasteiger partial charge on any atom is 0.244 e. The Bertz CT molecular complexity index is 853. The van der Waals surface area contributed by atoms with Gasteiger partial charge in [-0.05, 0) is 42.0 Å². The highest BCUT2D eigenvalue weighted by Crippen LogP contribution is 2.35. The number of rotatable bonds is 3. The lowest BCUT2D eigenvalue weighted by molar-refractivity contribution is -0.135. The first-order valence-corrected chi connectivity index (χ1v) is 8.80. The van der Waals surface area contributed by atoms with Gasteiger partial charge in [0, 0.05) is 11.4 Å². The molecule has 1 amide bonds. The summed E-state index contributed by atoms with van der Waals surface area (Å²) in [5.74, 6) is 0.115. The number of carbonyl (C=O) groups is 1. The van der Waals surface area contributed by atoms with E-state index in [1.807, 2.05) is 29.2 Å². The highest BCUT2D eigenvalue weighted by atomic mass is 32.1. The van der Waals surface area contributed by atoms with Crippen molar-refractivity contribution in [2.24, 2.45) is 0 Å². The summed E-state index contributed by atoms with van der Waals surface area (Å²) in [5, 5.41) is 10.4. The average molecular weight is 326 g/mol. The van der Waals surface area contributed by atoms with Gasteiger partial charge in [-0.3, -0.25) is 4.79 Å². The lowest BCUT2D eigenvalue weighted by atomic mass is 9.98. The highest BCUT2D eigenvalue weighted by molar-refractivity contribution is 7.10. The fourth-order valence-corrected chi connectivity index (χ4v) is 4.32. The number of benzene rings is 1. The van der Waals surface area contributed by atoms with Gasteiger partial charge in [-0.15, -0.1) is 16.4 Å². The van der Waals surface area contributed by atoms with Crippen LogP contribution in [-0.2, 0) is 17.8 Å². The molecule has 5 nitrogen and oxygen atoms in total. The predicted octanol–water partition coefficient (Wildman–Crippen LogP) is 3.03. The van der Waals surface area contributed by atoms with Crippen molar-refractivity contribution in [1.29, 1.82) is 0 Å². The largest absolute Gasteiger partial charge is 0.334 e. The van der Waals surface area contributed by atoms with Crippen molar-refractivity contribution >= 4 is 28.3 Å². The van der Waals surface area contributed by atoms with Crippen LogP contribution in [0.15, 0.2) is 35.7 Å². The SMILES string of the molecule is CC[C@H]1c2ccsc2CCN1C(=O)Cn1nnc2ccccc21. The molecule has 1 aliphatic heterocycles. The van der Waals surface area contributed by atoms with Crippen LogP contribution in [0.2, 0.25) is 0 Å². The first-order chi connectivity index (χ1) is 11.3. The van der Waals surface area contributed by atoms with Crippen molar-refractivity contribution in [3.63, 3.8) is 0 Å². The second-order valence-corrected chi connectivity index (χ2v) is 6.80. The van der Waals surface area contributed by atoms with Crippen molar-refractivity contribution in [3.05, 3.63) is 46.2 Å². The molecule has 1 atom stereocenters. The first kappa shape index (κ1) is 14.4. The molecule has 0 unspecified atom stereocenters. The minimum Gasteiger partial charge on any atom is -0.334 e. The van der Waals surface area contributed by atoms with Gasteiger partial charge in [0.1, 0.15) is 12.1 Å². The van der Waals surface area contributed by atoms with Crippen LogP contribution < -0.4 is 0 Å². The Morgan fingerprint density at radius 1 is 1.35 bits per heavy atom. The molecule has 23 heavy (non-hydrogen) atoms. The summed E-state index contributed by atoms with van der Waals surface area (Å²) in [6.07, 6.45) is 1.89. The Morgan fingerprint density at radius 3 is 3.09 bits per heavy atom. The molecule has 1 aromatic carbocycles. The monoisotopic (exact) mass is 326 g/mol. The molecule has 2 aromatic heterocycles. The van der Waals surface area contributed by atoms with Gasteiger partial charge in [0.25, 0.3) is 0 Å². The molecule has 0 saturated heterocycles. The maximum atomic E-state index is 12.9. The van der Waals surface area contributed by atoms with E-state index in [2.05, 4.69) is 28.7 Å². The summed E-state index contributed by atoms with van der Waals surface area (Å²) < 4.78 is 1.70. The summed E-state index contributed by atoms with van der Waals surface area (Å²) >= 11 is 1.80. The zero-order valence-corrected chi connectivity index (χ0v) is 13.8. The Balaban J connectivity index is 1.60. The fourth-order valence-electron chi connectivity index (χ4n) is 3.39. The van der Waals surface area contributed by atoms with Crippen LogP contribution in [0, 0.1) is 0 Å². The van der Waals surface area contributed by atoms with Crippen LogP contribution in [0.1, 0.15) is 29.8 Å². The zero-order valence-electron chi connectivity index (χ0n) is 13.0. The highest BCUT2D eigenvalue weighted by Gasteiger charge is 2.30. The lowest BCUT2D eigenvalue weighted by Gasteiger charge is -2.35. The smallest absolute Gasteiger partial charge is 0.244 e. The molecule has 3 aromatic rings. The number of carbonyl (C=O) groups excluding carboxylic acids is 1. The van der Waals surface area contributed by atoms with Crippen molar-refractivity contribution in [2.75, 3.05) is 6.54 Å². The predicted molar refractivity (Wildman–Crippen MR) is 90.3 cm³/mol. The van der Waals surface area contributed by atoms with Crippen molar-refractivity contribution in [1.82, 2.24) is 19.9 Å². The van der Waals surface area contributed by atoms with Gasteiger partial charge < -0.3 is 4.90 Å². The molecule has 4 rings (SSSR count). The van der Waals surface area contributed by atoms with Gasteiger partial charge in [0.05, 0.1) is 11.6 Å². The van der Waals surface area contributed by atoms with Gasteiger partial charge in [-0.2, -0.15) is 0 Å². The number of para-hydroxylation sites is 1. The van der Waals surface area contributed by atoms with E-state index in [9.17, 15) is 4.79 Å². The zero-order chi connectivity index (χ0) is 15.8. The number of aromatic nitrogens is 3. The van der Waals surface area contributed by atoms with Crippen LogP contribution in [-0.4, -0.2) is 32.3 Å². The standard InChI is InChI=1S/C17H18N4OS/c1-2-14-12-8-10-23-16(12)7-9-20(14)17(22)11-21-15-6-4-3-5-13(15)18-19-21/h3-6,8,10,14H,2,7,9,11H2,1H3/t14-/m0/s1. The molecule has 0 aliphatic carbocycles. The van der Waals surface area contributed by atoms with Crippen molar-refractivity contribution in [3.8, 4) is 0 Å². The van der Waals surface area contributed by atoms with Gasteiger partial charge in [-0.1, -0.05) is 24.3 Å². The Kier molecular flexibility index (Phi) is 3.61. The quantitative estimate of drug-likeness (QED) is 0.743. The number of amides is 1. The number of thiophene rings is 1. The van der Waals surface area contributed by atoms with E-state index in [0.717, 1.165) is 30.4 Å². The third kappa shape index (κ3) is 2.43. The van der Waals surface area contributed by atoms with Crippen molar-refractivity contribution in [2.45, 2.75) is 32.4 Å². The average Bonchev–Trinajstić information content (AvgIpc) is 3.21. The van der Waals surface area contributed by atoms with E-state index in [0.29, 0.717) is 0 Å². The van der Waals surface area contributed by atoms with Crippen LogP contribution in [0.3, 0.4) is 0 Å². The number of hydrogen-bond donors (Lipinski definition) is 0. The van der Waals surface area contributed by atoms with Crippen LogP contribution >= 0.6 is 11.3 Å². The number of fused-ring (bicyclic) bond motifs is 2. The number of nitrogens with zero attached hydrogens (tertiary/aromatic N) is 4. The van der Waals surface area contributed by atoms with Crippen LogP contribution in [0.4, 0.5) is 0 Å². The summed E-state index contributed by atoms with van der Waals surface area (Å²) in [7, 11) is 0. The molecule has 0 saturated carbocycles. The summed E-state index contributed by atoms with van der Waals surface area (Å²) in [5.41, 5.74) is 3.05. The van der Waals surface area contributed by atoms with E-state index in [1.54, 1.807) is 16.0 Å². The van der Waals surface area contributed by atoms with E-state index in [4.69, 9.17) is 0 Å². The second kappa shape index (κ2) is 5.77. The van der Waals surface area contributed by atoms with Gasteiger partial charge in [-0.25, -0.2) is 4.68 Å². The van der Waals surface area contributed by atoms with Gasteiger partial charge in [0.2, 0.25) is 5.91 Å². The maximum absolute atomic E-state index is 12.9. The molecule has 3 heterocycles. The molecule has 6 heteroatoms. The Labute approximate surface area is 138 Å². The Morgan fingerprint density at radius 2 is 2.22 bits per heavy atom. The van der Waals surface area contributed by atoms with Gasteiger partial charge in [0.15, 0.2) is 0 Å². The van der Waals surface area contributed by atoms with Crippen LogP contribution in [0.5, 0.6) is 0 Å². The molecule has 0 spiro atoms. The summed E-state index contributed by atoms with van der Waals surface area (Å²) in [6, 6.07) is 10.1. The second-order valence-electron chi connectivity index (χ2n) is 5.80. The molecule has 0 N–H and O–H groups in total. The first-order valence-electron chi connectivity index (χ1n) is 7.92. The number of hydrogen-bond acceptors (Lipinski definition) is 4. The minimum atomic E-state index is 0.115. The molecular formula is C17H18N4OS. The lowest BCUT2D eigenvalue weighted by Crippen LogP contribution is -2.41. The fraction of sp³-hybridized carbons (Fsp3) is 0.353. The van der Waals surface area contributed by atoms with E-state index < -0.39 is 0 Å². The van der Waals surface area contributed by atoms with Crippen molar-refractivity contribution < 1.29 is 4.79 Å². The minimum absolute atomic E-state index is 0.115. The molecule has 0 fully saturated rings. The van der Waals surface area contributed by atoms with Crippen LogP contribution in [0.25, 0.3) is 11.0 Å². The molecule has 0 radical (unpaired) electrons. The molecule has 118 valence electrons. The molecule has 0 bridgehead atoms.